The highest BCUT2D eigenvalue weighted by Gasteiger charge is 2.22. The SMILES string of the molecule is O=C(O)C(C(=O)O)=C(COO)COO. The maximum atomic E-state index is 10.4. The summed E-state index contributed by atoms with van der Waals surface area (Å²) in [6, 6.07) is 0. The van der Waals surface area contributed by atoms with Crippen LogP contribution in [0.5, 0.6) is 0 Å². The van der Waals surface area contributed by atoms with Crippen LogP contribution >= 0.6 is 0 Å². The van der Waals surface area contributed by atoms with Crippen LogP contribution in [0.3, 0.4) is 0 Å². The van der Waals surface area contributed by atoms with E-state index < -0.39 is 36.3 Å². The third-order valence-electron chi connectivity index (χ3n) is 1.26. The van der Waals surface area contributed by atoms with Crippen molar-refractivity contribution in [2.75, 3.05) is 13.2 Å². The Kier molecular flexibility index (Phi) is 5.41. The van der Waals surface area contributed by atoms with E-state index in [2.05, 4.69) is 9.78 Å². The standard InChI is InChI=1S/C6H8O8/c7-5(8)4(6(9)10)3(1-13-11)2-14-12/h11-12H,1-2H2,(H,7,8)(H,9,10). The van der Waals surface area contributed by atoms with Gasteiger partial charge in [0.1, 0.15) is 18.8 Å². The van der Waals surface area contributed by atoms with Crippen LogP contribution in [0, 0.1) is 0 Å². The van der Waals surface area contributed by atoms with Crippen LogP contribution in [-0.4, -0.2) is 45.9 Å². The minimum Gasteiger partial charge on any atom is -0.477 e. The summed E-state index contributed by atoms with van der Waals surface area (Å²) >= 11 is 0. The van der Waals surface area contributed by atoms with Crippen molar-refractivity contribution in [1.82, 2.24) is 0 Å². The Morgan fingerprint density at radius 1 is 0.929 bits per heavy atom. The molecule has 0 fully saturated rings. The molecule has 0 aliphatic rings. The molecular weight excluding hydrogens is 200 g/mol. The third-order valence-corrected chi connectivity index (χ3v) is 1.26. The maximum absolute atomic E-state index is 10.4. The quantitative estimate of drug-likeness (QED) is 0.150. The van der Waals surface area contributed by atoms with E-state index in [4.69, 9.17) is 20.7 Å². The average molecular weight is 208 g/mol. The van der Waals surface area contributed by atoms with E-state index >= 15 is 0 Å². The van der Waals surface area contributed by atoms with Gasteiger partial charge in [0.25, 0.3) is 0 Å². The number of hydrogen-bond donors (Lipinski definition) is 4. The Hall–Kier alpha value is -1.48. The molecule has 8 heteroatoms. The molecule has 0 saturated heterocycles. The highest BCUT2D eigenvalue weighted by Crippen LogP contribution is 2.06. The fraction of sp³-hybridized carbons (Fsp3) is 0.333. The van der Waals surface area contributed by atoms with Crippen molar-refractivity contribution >= 4 is 11.9 Å². The largest absolute Gasteiger partial charge is 0.477 e. The van der Waals surface area contributed by atoms with Crippen molar-refractivity contribution in [3.05, 3.63) is 11.1 Å². The average Bonchev–Trinajstić information content (AvgIpc) is 2.03. The van der Waals surface area contributed by atoms with Crippen molar-refractivity contribution in [3.63, 3.8) is 0 Å². The van der Waals surface area contributed by atoms with E-state index in [-0.39, 0.29) is 0 Å². The Labute approximate surface area is 77.5 Å². The normalized spacial score (nSPS) is 9.57. The molecule has 0 aliphatic heterocycles. The number of carbonyl (C=O) groups is 2. The number of aliphatic carboxylic acids is 2. The summed E-state index contributed by atoms with van der Waals surface area (Å²) in [5, 5.41) is 32.9. The van der Waals surface area contributed by atoms with E-state index in [9.17, 15) is 9.59 Å². The molecule has 80 valence electrons. The van der Waals surface area contributed by atoms with Crippen LogP contribution in [0.4, 0.5) is 0 Å². The molecule has 0 atom stereocenters. The molecule has 0 spiro atoms. The van der Waals surface area contributed by atoms with Gasteiger partial charge in [0.15, 0.2) is 0 Å². The van der Waals surface area contributed by atoms with Gasteiger partial charge in [-0.1, -0.05) is 0 Å². The Bertz CT molecular complexity index is 231. The monoisotopic (exact) mass is 208 g/mol. The smallest absolute Gasteiger partial charge is 0.343 e. The first-order chi connectivity index (χ1) is 6.54. The molecule has 0 aromatic carbocycles. The minimum atomic E-state index is -1.72. The number of rotatable bonds is 6. The van der Waals surface area contributed by atoms with Gasteiger partial charge in [-0.25, -0.2) is 19.4 Å². The van der Waals surface area contributed by atoms with Crippen LogP contribution in [0.15, 0.2) is 11.1 Å². The summed E-state index contributed by atoms with van der Waals surface area (Å²) in [4.78, 5) is 28.0. The lowest BCUT2D eigenvalue weighted by Gasteiger charge is -2.05. The molecule has 0 aromatic rings. The summed E-state index contributed by atoms with van der Waals surface area (Å²) in [5.41, 5.74) is -1.43. The Morgan fingerprint density at radius 3 is 1.50 bits per heavy atom. The predicted octanol–water partition coefficient (Wildman–Crippen LogP) is -0.569. The first-order valence-corrected chi connectivity index (χ1v) is 3.26. The van der Waals surface area contributed by atoms with Gasteiger partial charge in [0.2, 0.25) is 0 Å². The molecule has 0 radical (unpaired) electrons. The van der Waals surface area contributed by atoms with Gasteiger partial charge in [-0.05, 0) is 0 Å². The second-order valence-corrected chi connectivity index (χ2v) is 2.14. The molecule has 8 nitrogen and oxygen atoms in total. The van der Waals surface area contributed by atoms with Crippen molar-refractivity contribution in [2.24, 2.45) is 0 Å². The first-order valence-electron chi connectivity index (χ1n) is 3.26. The zero-order chi connectivity index (χ0) is 11.1. The topological polar surface area (TPSA) is 134 Å². The summed E-state index contributed by atoms with van der Waals surface area (Å²) in [7, 11) is 0. The Morgan fingerprint density at radius 2 is 1.29 bits per heavy atom. The highest BCUT2D eigenvalue weighted by molar-refractivity contribution is 6.13. The maximum Gasteiger partial charge on any atom is 0.343 e. The molecule has 0 heterocycles. The van der Waals surface area contributed by atoms with Gasteiger partial charge < -0.3 is 10.2 Å². The van der Waals surface area contributed by atoms with Crippen LogP contribution in [0.25, 0.3) is 0 Å². The molecule has 0 bridgehead atoms. The van der Waals surface area contributed by atoms with Gasteiger partial charge in [0.05, 0.1) is 0 Å². The fourth-order valence-corrected chi connectivity index (χ4v) is 0.736. The number of carboxylic acids is 2. The van der Waals surface area contributed by atoms with Crippen LogP contribution in [-0.2, 0) is 19.4 Å². The zero-order valence-corrected chi connectivity index (χ0v) is 6.84. The molecule has 14 heavy (non-hydrogen) atoms. The summed E-state index contributed by atoms with van der Waals surface area (Å²) < 4.78 is 0. The van der Waals surface area contributed by atoms with Crippen molar-refractivity contribution in [2.45, 2.75) is 0 Å². The second-order valence-electron chi connectivity index (χ2n) is 2.14. The predicted molar refractivity (Wildman–Crippen MR) is 39.5 cm³/mol. The number of hydrogen-bond acceptors (Lipinski definition) is 6. The van der Waals surface area contributed by atoms with Gasteiger partial charge in [-0.15, -0.1) is 0 Å². The van der Waals surface area contributed by atoms with Gasteiger partial charge in [0, 0.05) is 5.57 Å². The van der Waals surface area contributed by atoms with E-state index in [1.165, 1.54) is 0 Å². The second kappa shape index (κ2) is 6.05. The van der Waals surface area contributed by atoms with Crippen molar-refractivity contribution in [1.29, 1.82) is 0 Å². The summed E-state index contributed by atoms with van der Waals surface area (Å²) in [5.74, 6) is -3.44. The van der Waals surface area contributed by atoms with Crippen LogP contribution < -0.4 is 0 Å². The van der Waals surface area contributed by atoms with Crippen molar-refractivity contribution < 1.29 is 40.1 Å². The van der Waals surface area contributed by atoms with E-state index in [0.717, 1.165) is 0 Å². The summed E-state index contributed by atoms with van der Waals surface area (Å²) in [6.45, 7) is -1.37. The molecule has 0 aliphatic carbocycles. The highest BCUT2D eigenvalue weighted by atomic mass is 17.1. The molecule has 0 unspecified atom stereocenters. The van der Waals surface area contributed by atoms with Crippen LogP contribution in [0.2, 0.25) is 0 Å². The molecule has 4 N–H and O–H groups in total. The molecular formula is C6H8O8. The van der Waals surface area contributed by atoms with E-state index in [1.807, 2.05) is 0 Å². The van der Waals surface area contributed by atoms with Crippen LogP contribution in [0.1, 0.15) is 0 Å². The van der Waals surface area contributed by atoms with Gasteiger partial charge in [-0.2, -0.15) is 0 Å². The number of carboxylic acid groups (broad SMARTS) is 2. The van der Waals surface area contributed by atoms with Gasteiger partial charge >= 0.3 is 11.9 Å². The van der Waals surface area contributed by atoms with Gasteiger partial charge in [-0.3, -0.25) is 10.5 Å². The minimum absolute atomic E-state index is 0.407. The third kappa shape index (κ3) is 3.49. The fourth-order valence-electron chi connectivity index (χ4n) is 0.736. The lowest BCUT2D eigenvalue weighted by molar-refractivity contribution is -0.252. The lowest BCUT2D eigenvalue weighted by Crippen LogP contribution is -2.18. The molecule has 0 amide bonds. The Balaban J connectivity index is 5.03. The molecule has 0 saturated carbocycles. The van der Waals surface area contributed by atoms with E-state index in [0.29, 0.717) is 0 Å². The van der Waals surface area contributed by atoms with E-state index in [1.54, 1.807) is 0 Å². The molecule has 0 rings (SSSR count). The first kappa shape index (κ1) is 12.5. The lowest BCUT2D eigenvalue weighted by atomic mass is 10.1. The zero-order valence-electron chi connectivity index (χ0n) is 6.84. The summed E-state index contributed by atoms with van der Waals surface area (Å²) in [6.07, 6.45) is 0. The van der Waals surface area contributed by atoms with Crippen molar-refractivity contribution in [3.8, 4) is 0 Å². The molecule has 0 aromatic heterocycles.